The predicted molar refractivity (Wildman–Crippen MR) is 86.8 cm³/mol. The summed E-state index contributed by atoms with van der Waals surface area (Å²) in [7, 11) is -2.18. The quantitative estimate of drug-likeness (QED) is 0.671. The summed E-state index contributed by atoms with van der Waals surface area (Å²) in [5, 5.41) is 3.88. The zero-order chi connectivity index (χ0) is 16.9. The molecule has 1 aromatic rings. The van der Waals surface area contributed by atoms with Crippen molar-refractivity contribution < 1.29 is 17.9 Å². The lowest BCUT2D eigenvalue weighted by atomic mass is 10.1. The largest absolute Gasteiger partial charge is 0.452 e. The molecule has 1 amide bonds. The second-order valence-corrected chi connectivity index (χ2v) is 7.23. The number of hydrogen-bond donors (Lipinski definition) is 1. The van der Waals surface area contributed by atoms with E-state index >= 15 is 0 Å². The Morgan fingerprint density at radius 3 is 2.35 bits per heavy atom. The third-order valence-electron chi connectivity index (χ3n) is 3.73. The van der Waals surface area contributed by atoms with Crippen LogP contribution >= 0.6 is 0 Å². The van der Waals surface area contributed by atoms with Gasteiger partial charge in [-0.2, -0.15) is 9.41 Å². The van der Waals surface area contributed by atoms with E-state index in [1.165, 1.54) is 11.4 Å². The van der Waals surface area contributed by atoms with Crippen molar-refractivity contribution in [2.24, 2.45) is 5.10 Å². The monoisotopic (exact) mass is 339 g/mol. The van der Waals surface area contributed by atoms with Crippen molar-refractivity contribution in [1.29, 1.82) is 0 Å². The fourth-order valence-corrected chi connectivity index (χ4v) is 3.88. The number of ether oxygens (including phenoxy) is 1. The van der Waals surface area contributed by atoms with Crippen LogP contribution in [0.4, 0.5) is 4.79 Å². The molecule has 7 nitrogen and oxygen atoms in total. The van der Waals surface area contributed by atoms with Crippen LogP contribution in [0.25, 0.3) is 0 Å². The summed E-state index contributed by atoms with van der Waals surface area (Å²) in [5.74, 6) is 0. The molecule has 1 aromatic carbocycles. The van der Waals surface area contributed by atoms with Gasteiger partial charge in [-0.05, 0) is 37.5 Å². The van der Waals surface area contributed by atoms with Crippen molar-refractivity contribution in [3.8, 4) is 0 Å². The van der Waals surface area contributed by atoms with Gasteiger partial charge in [0, 0.05) is 13.1 Å². The Balaban J connectivity index is 2.14. The summed E-state index contributed by atoms with van der Waals surface area (Å²) in [6.45, 7) is 2.87. The number of nitrogens with one attached hydrogen (secondary N) is 1. The zero-order valence-electron chi connectivity index (χ0n) is 13.3. The molecule has 8 heteroatoms. The highest BCUT2D eigenvalue weighted by Crippen LogP contribution is 2.20. The number of methoxy groups -OCH3 is 1. The smallest absolute Gasteiger partial charge is 0.427 e. The van der Waals surface area contributed by atoms with Gasteiger partial charge in [0.05, 0.1) is 17.7 Å². The summed E-state index contributed by atoms with van der Waals surface area (Å²) in [6.07, 6.45) is 2.23. The Morgan fingerprint density at radius 1 is 1.17 bits per heavy atom. The molecule has 1 aliphatic rings. The van der Waals surface area contributed by atoms with Gasteiger partial charge < -0.3 is 4.74 Å². The number of carbonyl (C=O) groups excluding carboxylic acids is 1. The molecular weight excluding hydrogens is 318 g/mol. The molecule has 0 unspecified atom stereocenters. The molecule has 1 saturated heterocycles. The predicted octanol–water partition coefficient (Wildman–Crippen LogP) is 1.94. The van der Waals surface area contributed by atoms with Crippen molar-refractivity contribution in [3.05, 3.63) is 29.8 Å². The van der Waals surface area contributed by atoms with Crippen LogP contribution in [0.3, 0.4) is 0 Å². The van der Waals surface area contributed by atoms with E-state index in [9.17, 15) is 13.2 Å². The van der Waals surface area contributed by atoms with Crippen LogP contribution < -0.4 is 5.43 Å². The number of nitrogens with zero attached hydrogens (tertiary/aromatic N) is 2. The van der Waals surface area contributed by atoms with E-state index in [2.05, 4.69) is 15.3 Å². The maximum Gasteiger partial charge on any atom is 0.427 e. The number of benzene rings is 1. The minimum Gasteiger partial charge on any atom is -0.452 e. The highest BCUT2D eigenvalue weighted by Gasteiger charge is 2.25. The Labute approximate surface area is 136 Å². The lowest BCUT2D eigenvalue weighted by Gasteiger charge is -2.25. The summed E-state index contributed by atoms with van der Waals surface area (Å²) < 4.78 is 31.0. The number of carbonyl (C=O) groups is 1. The molecule has 1 aliphatic heterocycles. The van der Waals surface area contributed by atoms with Crippen LogP contribution in [0.5, 0.6) is 0 Å². The van der Waals surface area contributed by atoms with E-state index in [0.29, 0.717) is 18.8 Å². The lowest BCUT2D eigenvalue weighted by Crippen LogP contribution is -2.35. The first-order chi connectivity index (χ1) is 10.9. The van der Waals surface area contributed by atoms with E-state index in [1.807, 2.05) is 0 Å². The molecule has 0 radical (unpaired) electrons. The number of hydrazone groups is 1. The summed E-state index contributed by atoms with van der Waals surface area (Å²) >= 11 is 0. The number of amides is 1. The minimum absolute atomic E-state index is 0.275. The second kappa shape index (κ2) is 7.56. The molecule has 0 aliphatic carbocycles. The van der Waals surface area contributed by atoms with Gasteiger partial charge in [-0.3, -0.25) is 0 Å². The van der Waals surface area contributed by atoms with Gasteiger partial charge in [0.2, 0.25) is 10.0 Å². The Bertz CT molecular complexity index is 677. The first-order valence-corrected chi connectivity index (χ1v) is 8.88. The van der Waals surface area contributed by atoms with E-state index in [4.69, 9.17) is 0 Å². The van der Waals surface area contributed by atoms with Crippen molar-refractivity contribution in [2.45, 2.75) is 31.1 Å². The third kappa shape index (κ3) is 4.29. The third-order valence-corrected chi connectivity index (χ3v) is 5.64. The first-order valence-electron chi connectivity index (χ1n) is 7.44. The minimum atomic E-state index is -3.43. The second-order valence-electron chi connectivity index (χ2n) is 5.29. The first kappa shape index (κ1) is 17.4. The van der Waals surface area contributed by atoms with Crippen LogP contribution in [0.1, 0.15) is 31.7 Å². The average Bonchev–Trinajstić information content (AvgIpc) is 2.60. The molecule has 0 aromatic heterocycles. The number of rotatable bonds is 4. The molecule has 23 heavy (non-hydrogen) atoms. The molecule has 126 valence electrons. The van der Waals surface area contributed by atoms with Gasteiger partial charge in [0.15, 0.2) is 0 Å². The number of piperidine rings is 1. The fourth-order valence-electron chi connectivity index (χ4n) is 2.36. The molecular formula is C15H21N3O4S. The summed E-state index contributed by atoms with van der Waals surface area (Å²) in [6, 6.07) is 6.48. The van der Waals surface area contributed by atoms with E-state index in [1.54, 1.807) is 31.2 Å². The lowest BCUT2D eigenvalue weighted by molar-refractivity contribution is 0.171. The number of hydrogen-bond acceptors (Lipinski definition) is 5. The van der Waals surface area contributed by atoms with Crippen molar-refractivity contribution in [3.63, 3.8) is 0 Å². The van der Waals surface area contributed by atoms with Gasteiger partial charge in [0.1, 0.15) is 0 Å². The fraction of sp³-hybridized carbons (Fsp3) is 0.467. The van der Waals surface area contributed by atoms with E-state index in [0.717, 1.165) is 24.8 Å². The van der Waals surface area contributed by atoms with E-state index < -0.39 is 16.1 Å². The van der Waals surface area contributed by atoms with Gasteiger partial charge >= 0.3 is 6.09 Å². The molecule has 0 atom stereocenters. The van der Waals surface area contributed by atoms with Gasteiger partial charge in [0.25, 0.3) is 0 Å². The maximum absolute atomic E-state index is 12.5. The zero-order valence-corrected chi connectivity index (χ0v) is 14.1. The van der Waals surface area contributed by atoms with Crippen LogP contribution in [0.2, 0.25) is 0 Å². The summed E-state index contributed by atoms with van der Waals surface area (Å²) in [4.78, 5) is 11.3. The van der Waals surface area contributed by atoms with E-state index in [-0.39, 0.29) is 4.90 Å². The van der Waals surface area contributed by atoms with Crippen LogP contribution in [0, 0.1) is 0 Å². The molecule has 1 heterocycles. The molecule has 1 fully saturated rings. The molecule has 2 rings (SSSR count). The van der Waals surface area contributed by atoms with Crippen molar-refractivity contribution in [2.75, 3.05) is 20.2 Å². The Morgan fingerprint density at radius 2 is 1.78 bits per heavy atom. The highest BCUT2D eigenvalue weighted by atomic mass is 32.2. The SMILES string of the molecule is COC(=O)N/N=C(/C)c1ccc(S(=O)(=O)N2CCCCC2)cc1. The molecule has 0 bridgehead atoms. The molecule has 1 N–H and O–H groups in total. The van der Waals surface area contributed by atoms with Gasteiger partial charge in [-0.25, -0.2) is 18.6 Å². The molecule has 0 spiro atoms. The Kier molecular flexibility index (Phi) is 5.73. The Hall–Kier alpha value is -1.93. The van der Waals surface area contributed by atoms with Crippen LogP contribution in [0.15, 0.2) is 34.3 Å². The highest BCUT2D eigenvalue weighted by molar-refractivity contribution is 7.89. The topological polar surface area (TPSA) is 88.1 Å². The van der Waals surface area contributed by atoms with Crippen LogP contribution in [-0.2, 0) is 14.8 Å². The number of sulfonamides is 1. The van der Waals surface area contributed by atoms with Gasteiger partial charge in [-0.1, -0.05) is 18.6 Å². The van der Waals surface area contributed by atoms with Crippen molar-refractivity contribution >= 4 is 21.8 Å². The van der Waals surface area contributed by atoms with Crippen LogP contribution in [-0.4, -0.2) is 44.7 Å². The van der Waals surface area contributed by atoms with Gasteiger partial charge in [-0.15, -0.1) is 0 Å². The average molecular weight is 339 g/mol. The maximum atomic E-state index is 12.5. The summed E-state index contributed by atoms with van der Waals surface area (Å²) in [5.41, 5.74) is 3.50. The normalized spacial score (nSPS) is 16.9. The molecule has 0 saturated carbocycles. The standard InChI is InChI=1S/C15H21N3O4S/c1-12(16-17-15(19)22-2)13-6-8-14(9-7-13)23(20,21)18-10-4-3-5-11-18/h6-9H,3-5,10-11H2,1-2H3,(H,17,19)/b16-12-. The van der Waals surface area contributed by atoms with Crippen molar-refractivity contribution in [1.82, 2.24) is 9.73 Å².